The van der Waals surface area contributed by atoms with Gasteiger partial charge in [-0.1, -0.05) is 35.9 Å². The summed E-state index contributed by atoms with van der Waals surface area (Å²) in [5.41, 5.74) is 3.74. The van der Waals surface area contributed by atoms with Crippen LogP contribution in [0.3, 0.4) is 0 Å². The van der Waals surface area contributed by atoms with Crippen molar-refractivity contribution >= 4 is 45.7 Å². The number of furan rings is 1. The Balaban J connectivity index is 1.38. The van der Waals surface area contributed by atoms with Crippen LogP contribution in [0.15, 0.2) is 76.2 Å². The molecule has 168 valence electrons. The maximum atomic E-state index is 12.8. The number of aryl methyl sites for hydroxylation is 2. The minimum atomic E-state index is -0.354. The van der Waals surface area contributed by atoms with Gasteiger partial charge in [-0.3, -0.25) is 9.59 Å². The van der Waals surface area contributed by atoms with E-state index < -0.39 is 0 Å². The van der Waals surface area contributed by atoms with E-state index in [0.29, 0.717) is 10.8 Å². The van der Waals surface area contributed by atoms with E-state index in [1.807, 2.05) is 51.1 Å². The molecule has 0 aliphatic rings. The van der Waals surface area contributed by atoms with Crippen LogP contribution in [0.5, 0.6) is 0 Å². The molecule has 1 unspecified atom stereocenters. The van der Waals surface area contributed by atoms with Crippen LogP contribution in [-0.2, 0) is 4.79 Å². The quantitative estimate of drug-likeness (QED) is 0.301. The van der Waals surface area contributed by atoms with Crippen molar-refractivity contribution in [2.75, 3.05) is 10.6 Å². The van der Waals surface area contributed by atoms with Crippen LogP contribution in [0.4, 0.5) is 10.8 Å². The molecule has 0 aliphatic heterocycles. The second kappa shape index (κ2) is 10.1. The highest BCUT2D eigenvalue weighted by atomic mass is 32.2. The number of carbonyl (C=O) groups is 2. The third-order valence-electron chi connectivity index (χ3n) is 4.87. The molecule has 4 rings (SSSR count). The first-order valence-electron chi connectivity index (χ1n) is 10.4. The molecular formula is C25H23N3O3S2. The minimum absolute atomic E-state index is 0.130. The van der Waals surface area contributed by atoms with Crippen LogP contribution in [0.1, 0.15) is 27.9 Å². The fourth-order valence-electron chi connectivity index (χ4n) is 3.14. The van der Waals surface area contributed by atoms with Crippen molar-refractivity contribution in [1.82, 2.24) is 4.98 Å². The van der Waals surface area contributed by atoms with E-state index >= 15 is 0 Å². The molecule has 0 saturated heterocycles. The fourth-order valence-corrected chi connectivity index (χ4v) is 4.91. The Bertz CT molecular complexity index is 1260. The van der Waals surface area contributed by atoms with E-state index in [1.165, 1.54) is 34.9 Å². The molecule has 0 bridgehead atoms. The molecule has 8 heteroatoms. The number of rotatable bonds is 7. The van der Waals surface area contributed by atoms with Crippen LogP contribution in [0, 0.1) is 13.8 Å². The predicted octanol–water partition coefficient (Wildman–Crippen LogP) is 6.39. The molecule has 0 aliphatic carbocycles. The van der Waals surface area contributed by atoms with Crippen LogP contribution in [0.25, 0.3) is 11.3 Å². The number of nitrogens with zero attached hydrogens (tertiary/aromatic N) is 1. The number of amides is 2. The first kappa shape index (κ1) is 22.8. The maximum Gasteiger partial charge on any atom is 0.291 e. The van der Waals surface area contributed by atoms with Gasteiger partial charge in [0.15, 0.2) is 10.9 Å². The average Bonchev–Trinajstić information content (AvgIpc) is 3.45. The highest BCUT2D eigenvalue weighted by Crippen LogP contribution is 2.32. The number of hydrogen-bond acceptors (Lipinski definition) is 6. The molecule has 2 aromatic heterocycles. The number of benzene rings is 2. The maximum absolute atomic E-state index is 12.8. The molecule has 1 atom stereocenters. The molecule has 0 radical (unpaired) electrons. The molecule has 2 aromatic carbocycles. The van der Waals surface area contributed by atoms with Gasteiger partial charge in [0.25, 0.3) is 5.91 Å². The molecule has 0 fully saturated rings. The Kier molecular flexibility index (Phi) is 6.96. The lowest BCUT2D eigenvalue weighted by molar-refractivity contribution is -0.115. The molecule has 2 N–H and O–H groups in total. The van der Waals surface area contributed by atoms with E-state index in [2.05, 4.69) is 27.8 Å². The van der Waals surface area contributed by atoms with Crippen LogP contribution >= 0.6 is 23.1 Å². The zero-order chi connectivity index (χ0) is 23.4. The lowest BCUT2D eigenvalue weighted by Gasteiger charge is -2.11. The number of thiazole rings is 1. The highest BCUT2D eigenvalue weighted by molar-refractivity contribution is 8.00. The van der Waals surface area contributed by atoms with Gasteiger partial charge in [-0.15, -0.1) is 23.1 Å². The SMILES string of the molecule is Cc1ccc(-c2nc(NC(=O)C(C)Sc3cccc(NC(=O)c4ccco4)c3)sc2C)cc1. The Hall–Kier alpha value is -3.36. The number of thioether (sulfide) groups is 1. The van der Waals surface area contributed by atoms with E-state index in [1.54, 1.807) is 18.2 Å². The average molecular weight is 478 g/mol. The van der Waals surface area contributed by atoms with E-state index in [-0.39, 0.29) is 22.8 Å². The molecule has 0 spiro atoms. The van der Waals surface area contributed by atoms with Crippen molar-refractivity contribution in [3.63, 3.8) is 0 Å². The van der Waals surface area contributed by atoms with Crippen molar-refractivity contribution in [3.8, 4) is 11.3 Å². The van der Waals surface area contributed by atoms with Crippen LogP contribution in [-0.4, -0.2) is 22.0 Å². The first-order chi connectivity index (χ1) is 15.9. The number of carbonyl (C=O) groups excluding carboxylic acids is 2. The third kappa shape index (κ3) is 5.71. The Morgan fingerprint density at radius 1 is 1.03 bits per heavy atom. The molecule has 2 heterocycles. The molecule has 0 saturated carbocycles. The van der Waals surface area contributed by atoms with Crippen molar-refractivity contribution < 1.29 is 14.0 Å². The summed E-state index contributed by atoms with van der Waals surface area (Å²) in [5, 5.41) is 5.96. The fraction of sp³-hybridized carbons (Fsp3) is 0.160. The van der Waals surface area contributed by atoms with Gasteiger partial charge in [0, 0.05) is 21.0 Å². The zero-order valence-electron chi connectivity index (χ0n) is 18.4. The van der Waals surface area contributed by atoms with Gasteiger partial charge in [-0.05, 0) is 51.1 Å². The van der Waals surface area contributed by atoms with Gasteiger partial charge in [0.05, 0.1) is 17.2 Å². The van der Waals surface area contributed by atoms with Gasteiger partial charge >= 0.3 is 0 Å². The topological polar surface area (TPSA) is 84.2 Å². The predicted molar refractivity (Wildman–Crippen MR) is 134 cm³/mol. The zero-order valence-corrected chi connectivity index (χ0v) is 20.0. The van der Waals surface area contributed by atoms with Crippen molar-refractivity contribution in [1.29, 1.82) is 0 Å². The first-order valence-corrected chi connectivity index (χ1v) is 12.1. The molecule has 2 amide bonds. The largest absolute Gasteiger partial charge is 0.459 e. The molecule has 6 nitrogen and oxygen atoms in total. The van der Waals surface area contributed by atoms with Crippen molar-refractivity contribution in [3.05, 3.63) is 83.1 Å². The van der Waals surface area contributed by atoms with Crippen LogP contribution < -0.4 is 10.6 Å². The van der Waals surface area contributed by atoms with E-state index in [9.17, 15) is 9.59 Å². The summed E-state index contributed by atoms with van der Waals surface area (Å²) >= 11 is 2.87. The lowest BCUT2D eigenvalue weighted by Crippen LogP contribution is -2.22. The van der Waals surface area contributed by atoms with E-state index in [4.69, 9.17) is 4.42 Å². The highest BCUT2D eigenvalue weighted by Gasteiger charge is 2.18. The van der Waals surface area contributed by atoms with Gasteiger partial charge in [0.2, 0.25) is 5.91 Å². The third-order valence-corrected chi connectivity index (χ3v) is 6.85. The Morgan fingerprint density at radius 3 is 2.55 bits per heavy atom. The number of anilines is 2. The number of nitrogens with one attached hydrogen (secondary N) is 2. The molecule has 33 heavy (non-hydrogen) atoms. The monoisotopic (exact) mass is 477 g/mol. The summed E-state index contributed by atoms with van der Waals surface area (Å²) in [6.45, 7) is 5.89. The Labute approximate surface area is 200 Å². The summed E-state index contributed by atoms with van der Waals surface area (Å²) < 4.78 is 5.12. The van der Waals surface area contributed by atoms with Crippen molar-refractivity contribution in [2.24, 2.45) is 0 Å². The number of hydrogen-bond donors (Lipinski definition) is 2. The summed E-state index contributed by atoms with van der Waals surface area (Å²) in [7, 11) is 0. The van der Waals surface area contributed by atoms with Crippen molar-refractivity contribution in [2.45, 2.75) is 30.9 Å². The summed E-state index contributed by atoms with van der Waals surface area (Å²) in [5.74, 6) is -0.213. The second-order valence-corrected chi connectivity index (χ2v) is 10.1. The van der Waals surface area contributed by atoms with Gasteiger partial charge < -0.3 is 15.1 Å². The Morgan fingerprint density at radius 2 is 1.82 bits per heavy atom. The standard InChI is InChI=1S/C25H23N3O3S2/c1-15-9-11-18(12-10-15)22-16(2)33-25(27-22)28-23(29)17(3)32-20-7-4-6-19(14-20)26-24(30)21-8-5-13-31-21/h4-14,17H,1-3H3,(H,26,30)(H,27,28,29). The molecule has 4 aromatic rings. The van der Waals surface area contributed by atoms with Gasteiger partial charge in [-0.25, -0.2) is 4.98 Å². The lowest BCUT2D eigenvalue weighted by atomic mass is 10.1. The van der Waals surface area contributed by atoms with Crippen LogP contribution in [0.2, 0.25) is 0 Å². The number of aromatic nitrogens is 1. The normalized spacial score (nSPS) is 11.7. The summed E-state index contributed by atoms with van der Waals surface area (Å²) in [6, 6.07) is 18.8. The van der Waals surface area contributed by atoms with Gasteiger partial charge in [0.1, 0.15) is 0 Å². The van der Waals surface area contributed by atoms with E-state index in [0.717, 1.165) is 21.0 Å². The second-order valence-electron chi connectivity index (χ2n) is 7.50. The summed E-state index contributed by atoms with van der Waals surface area (Å²) in [6.07, 6.45) is 1.45. The summed E-state index contributed by atoms with van der Waals surface area (Å²) in [4.78, 5) is 31.5. The minimum Gasteiger partial charge on any atom is -0.459 e. The van der Waals surface area contributed by atoms with Gasteiger partial charge in [-0.2, -0.15) is 0 Å². The molecular weight excluding hydrogens is 454 g/mol. The smallest absolute Gasteiger partial charge is 0.291 e.